The molecule has 2 aliphatic rings. The molecule has 1 saturated heterocycles. The van der Waals surface area contributed by atoms with Gasteiger partial charge in [-0.3, -0.25) is 9.69 Å². The fourth-order valence-electron chi connectivity index (χ4n) is 2.63. The molecule has 1 N–H and O–H groups in total. The van der Waals surface area contributed by atoms with Gasteiger partial charge in [-0.05, 0) is 31.4 Å². The van der Waals surface area contributed by atoms with Crippen LogP contribution >= 0.6 is 0 Å². The average molecular weight is 284 g/mol. The first-order valence-corrected chi connectivity index (χ1v) is 6.74. The Hall–Kier alpha value is -1.56. The first-order valence-electron chi connectivity index (χ1n) is 6.74. The number of nitrogens with zero attached hydrogens (tertiary/aromatic N) is 1. The lowest BCUT2D eigenvalue weighted by Gasteiger charge is -2.15. The summed E-state index contributed by atoms with van der Waals surface area (Å²) in [6, 6.07) is 2.07. The molecular weight excluding hydrogens is 269 g/mol. The largest absolute Gasteiger partial charge is 0.348 e. The lowest BCUT2D eigenvalue weighted by atomic mass is 10.1. The third-order valence-electron chi connectivity index (χ3n) is 3.86. The van der Waals surface area contributed by atoms with Crippen molar-refractivity contribution < 1.29 is 18.0 Å². The summed E-state index contributed by atoms with van der Waals surface area (Å²) in [5.74, 6) is -4.81. The van der Waals surface area contributed by atoms with Gasteiger partial charge in [-0.25, -0.2) is 13.2 Å². The molecule has 6 heteroatoms. The van der Waals surface area contributed by atoms with Crippen LogP contribution in [-0.4, -0.2) is 36.0 Å². The molecule has 108 valence electrons. The Morgan fingerprint density at radius 3 is 2.40 bits per heavy atom. The van der Waals surface area contributed by atoms with E-state index in [1.54, 1.807) is 0 Å². The van der Waals surface area contributed by atoms with Gasteiger partial charge in [0, 0.05) is 30.7 Å². The van der Waals surface area contributed by atoms with Crippen LogP contribution in [0.2, 0.25) is 0 Å². The van der Waals surface area contributed by atoms with Gasteiger partial charge in [0.05, 0.1) is 0 Å². The van der Waals surface area contributed by atoms with Crippen molar-refractivity contribution in [1.82, 2.24) is 10.2 Å². The van der Waals surface area contributed by atoms with E-state index in [9.17, 15) is 18.0 Å². The molecule has 1 aromatic rings. The monoisotopic (exact) mass is 284 g/mol. The first kappa shape index (κ1) is 13.4. The van der Waals surface area contributed by atoms with Crippen molar-refractivity contribution in [3.63, 3.8) is 0 Å². The summed E-state index contributed by atoms with van der Waals surface area (Å²) in [4.78, 5) is 14.2. The van der Waals surface area contributed by atoms with Crippen molar-refractivity contribution >= 4 is 5.91 Å². The maximum atomic E-state index is 13.1. The minimum absolute atomic E-state index is 0.0146. The minimum Gasteiger partial charge on any atom is -0.348 e. The maximum Gasteiger partial charge on any atom is 0.251 e. The number of carbonyl (C=O) groups is 1. The van der Waals surface area contributed by atoms with Crippen molar-refractivity contribution in [3.05, 3.63) is 35.1 Å². The molecule has 3 nitrogen and oxygen atoms in total. The second-order valence-electron chi connectivity index (χ2n) is 5.44. The Labute approximate surface area is 114 Å². The van der Waals surface area contributed by atoms with Crippen LogP contribution in [0.1, 0.15) is 29.6 Å². The van der Waals surface area contributed by atoms with Crippen LogP contribution in [0.5, 0.6) is 0 Å². The highest BCUT2D eigenvalue weighted by atomic mass is 19.2. The second kappa shape index (κ2) is 5.09. The molecule has 2 fully saturated rings. The van der Waals surface area contributed by atoms with Crippen LogP contribution in [0.3, 0.4) is 0 Å². The number of likely N-dealkylation sites (tertiary alicyclic amines) is 1. The molecule has 1 aliphatic carbocycles. The zero-order valence-corrected chi connectivity index (χ0v) is 10.8. The van der Waals surface area contributed by atoms with Gasteiger partial charge in [-0.2, -0.15) is 0 Å². The van der Waals surface area contributed by atoms with Crippen LogP contribution in [0, 0.1) is 17.5 Å². The Kier molecular flexibility index (Phi) is 3.41. The average Bonchev–Trinajstić information content (AvgIpc) is 3.16. The van der Waals surface area contributed by atoms with Gasteiger partial charge < -0.3 is 5.32 Å². The Balaban J connectivity index is 1.64. The van der Waals surface area contributed by atoms with E-state index in [0.29, 0.717) is 6.04 Å². The van der Waals surface area contributed by atoms with E-state index in [0.717, 1.165) is 31.6 Å². The Morgan fingerprint density at radius 2 is 1.80 bits per heavy atom. The number of rotatable bonds is 3. The fraction of sp³-hybridized carbons (Fsp3) is 0.500. The lowest BCUT2D eigenvalue weighted by molar-refractivity contribution is 0.0936. The molecule has 1 heterocycles. The van der Waals surface area contributed by atoms with Crippen LogP contribution in [-0.2, 0) is 0 Å². The minimum atomic E-state index is -1.55. The van der Waals surface area contributed by atoms with Crippen LogP contribution < -0.4 is 5.32 Å². The number of amides is 1. The highest BCUT2D eigenvalue weighted by molar-refractivity contribution is 5.94. The molecule has 3 rings (SSSR count). The first-order chi connectivity index (χ1) is 9.54. The van der Waals surface area contributed by atoms with Crippen LogP contribution in [0.4, 0.5) is 13.2 Å². The van der Waals surface area contributed by atoms with Gasteiger partial charge in [0.25, 0.3) is 5.91 Å². The standard InChI is InChI=1S/C14H15F3N2O/c15-11-5-8(6-12(16)13(11)17)14(20)18-9-3-4-19(7-9)10-1-2-10/h5-6,9-10H,1-4,7H2,(H,18,20). The second-order valence-corrected chi connectivity index (χ2v) is 5.44. The van der Waals surface area contributed by atoms with Crippen molar-refractivity contribution in [3.8, 4) is 0 Å². The lowest BCUT2D eigenvalue weighted by Crippen LogP contribution is -2.37. The molecule has 1 saturated carbocycles. The topological polar surface area (TPSA) is 32.3 Å². The summed E-state index contributed by atoms with van der Waals surface area (Å²) >= 11 is 0. The van der Waals surface area contributed by atoms with Gasteiger partial charge in [-0.15, -0.1) is 0 Å². The summed E-state index contributed by atoms with van der Waals surface area (Å²) in [7, 11) is 0. The molecule has 1 aromatic carbocycles. The number of nitrogens with one attached hydrogen (secondary N) is 1. The number of carbonyl (C=O) groups excluding carboxylic acids is 1. The predicted molar refractivity (Wildman–Crippen MR) is 66.8 cm³/mol. The van der Waals surface area contributed by atoms with Crippen molar-refractivity contribution in [2.45, 2.75) is 31.3 Å². The summed E-state index contributed by atoms with van der Waals surface area (Å²) in [5.41, 5.74) is -0.189. The summed E-state index contributed by atoms with van der Waals surface area (Å²) in [5, 5.41) is 2.75. The normalized spacial score (nSPS) is 23.1. The van der Waals surface area contributed by atoms with Crippen molar-refractivity contribution in [2.24, 2.45) is 0 Å². The molecule has 0 spiro atoms. The zero-order valence-electron chi connectivity index (χ0n) is 10.8. The Morgan fingerprint density at radius 1 is 1.15 bits per heavy atom. The van der Waals surface area contributed by atoms with E-state index in [2.05, 4.69) is 10.2 Å². The summed E-state index contributed by atoms with van der Waals surface area (Å²) < 4.78 is 39.0. The summed E-state index contributed by atoms with van der Waals surface area (Å²) in [6.45, 7) is 1.70. The summed E-state index contributed by atoms with van der Waals surface area (Å²) in [6.07, 6.45) is 3.23. The van der Waals surface area contributed by atoms with Gasteiger partial charge in [0.1, 0.15) is 0 Å². The molecular formula is C14H15F3N2O. The number of halogens is 3. The van der Waals surface area contributed by atoms with E-state index < -0.39 is 23.4 Å². The van der Waals surface area contributed by atoms with E-state index in [1.165, 1.54) is 12.8 Å². The van der Waals surface area contributed by atoms with Crippen molar-refractivity contribution in [2.75, 3.05) is 13.1 Å². The van der Waals surface area contributed by atoms with Gasteiger partial charge in [0.15, 0.2) is 17.5 Å². The van der Waals surface area contributed by atoms with E-state index in [-0.39, 0.29) is 11.6 Å². The molecule has 0 radical (unpaired) electrons. The molecule has 1 aliphatic heterocycles. The van der Waals surface area contributed by atoms with Gasteiger partial charge in [0.2, 0.25) is 0 Å². The van der Waals surface area contributed by atoms with E-state index in [1.807, 2.05) is 0 Å². The fourth-order valence-corrected chi connectivity index (χ4v) is 2.63. The number of hydrogen-bond donors (Lipinski definition) is 1. The highest BCUT2D eigenvalue weighted by Gasteiger charge is 2.34. The van der Waals surface area contributed by atoms with Crippen LogP contribution in [0.25, 0.3) is 0 Å². The number of benzene rings is 1. The van der Waals surface area contributed by atoms with E-state index in [4.69, 9.17) is 0 Å². The predicted octanol–water partition coefficient (Wildman–Crippen LogP) is 2.07. The molecule has 1 unspecified atom stereocenters. The quantitative estimate of drug-likeness (QED) is 0.862. The zero-order chi connectivity index (χ0) is 14.3. The van der Waals surface area contributed by atoms with E-state index >= 15 is 0 Å². The molecule has 1 atom stereocenters. The third-order valence-corrected chi connectivity index (χ3v) is 3.86. The van der Waals surface area contributed by atoms with Gasteiger partial charge >= 0.3 is 0 Å². The van der Waals surface area contributed by atoms with Crippen molar-refractivity contribution in [1.29, 1.82) is 0 Å². The van der Waals surface area contributed by atoms with Gasteiger partial charge in [-0.1, -0.05) is 0 Å². The molecule has 0 aromatic heterocycles. The molecule has 0 bridgehead atoms. The highest BCUT2D eigenvalue weighted by Crippen LogP contribution is 2.29. The Bertz CT molecular complexity index is 522. The number of hydrogen-bond acceptors (Lipinski definition) is 2. The maximum absolute atomic E-state index is 13.1. The SMILES string of the molecule is O=C(NC1CCN(C2CC2)C1)c1cc(F)c(F)c(F)c1. The van der Waals surface area contributed by atoms with Crippen LogP contribution in [0.15, 0.2) is 12.1 Å². The molecule has 1 amide bonds. The third kappa shape index (κ3) is 2.65. The smallest absolute Gasteiger partial charge is 0.251 e. The molecule has 20 heavy (non-hydrogen) atoms.